The lowest BCUT2D eigenvalue weighted by molar-refractivity contribution is -0.137. The molecule has 0 saturated carbocycles. The molecule has 33 heavy (non-hydrogen) atoms. The van der Waals surface area contributed by atoms with E-state index in [1.807, 2.05) is 41.3 Å². The first-order chi connectivity index (χ1) is 16.0. The maximum Gasteiger partial charge on any atom is 0.290 e. The Morgan fingerprint density at radius 2 is 1.88 bits per heavy atom. The van der Waals surface area contributed by atoms with Crippen LogP contribution in [0.4, 0.5) is 0 Å². The summed E-state index contributed by atoms with van der Waals surface area (Å²) in [5.74, 6) is 1.33. The zero-order valence-corrected chi connectivity index (χ0v) is 18.7. The van der Waals surface area contributed by atoms with E-state index < -0.39 is 6.04 Å². The van der Waals surface area contributed by atoms with Gasteiger partial charge in [-0.1, -0.05) is 30.4 Å². The average Bonchev–Trinajstić information content (AvgIpc) is 3.35. The standard InChI is InChI=1S/C24H27N3O3.CH2O2/c1-30-20-7-4-6-17(12-20)14-25-15-18-13-19(16-25)23(24(29)26-10-2-3-11-26)27-21(18)8-5-9-22(27)28;2-1-3/h2-9,12,18-19,23H,10-11,13-16H2,1H3;1H,(H,2,3)/t18-,19+,23-;/m1./s1. The van der Waals surface area contributed by atoms with Gasteiger partial charge in [-0.05, 0) is 30.2 Å². The predicted octanol–water partition coefficient (Wildman–Crippen LogP) is 2.12. The number of nitrogens with zero attached hydrogens (tertiary/aromatic N) is 3. The van der Waals surface area contributed by atoms with E-state index in [2.05, 4.69) is 17.0 Å². The molecule has 1 saturated heterocycles. The maximum absolute atomic E-state index is 13.5. The Balaban J connectivity index is 0.000000821. The number of hydrogen-bond acceptors (Lipinski definition) is 5. The Morgan fingerprint density at radius 3 is 2.61 bits per heavy atom. The number of ether oxygens (including phenoxy) is 1. The molecule has 5 rings (SSSR count). The van der Waals surface area contributed by atoms with Crippen LogP contribution in [0.3, 0.4) is 0 Å². The minimum Gasteiger partial charge on any atom is -0.497 e. The molecule has 1 amide bonds. The Kier molecular flexibility index (Phi) is 6.93. The molecule has 3 aliphatic rings. The summed E-state index contributed by atoms with van der Waals surface area (Å²) in [4.78, 5) is 38.9. The van der Waals surface area contributed by atoms with Crippen molar-refractivity contribution in [3.8, 4) is 5.75 Å². The number of aromatic nitrogens is 1. The zero-order chi connectivity index (χ0) is 23.4. The molecular weight excluding hydrogens is 422 g/mol. The lowest BCUT2D eigenvalue weighted by Gasteiger charge is -2.47. The summed E-state index contributed by atoms with van der Waals surface area (Å²) in [7, 11) is 1.68. The number of piperidine rings is 1. The summed E-state index contributed by atoms with van der Waals surface area (Å²) in [6.45, 7) is 3.54. The topological polar surface area (TPSA) is 92.1 Å². The first kappa shape index (κ1) is 22.8. The van der Waals surface area contributed by atoms with Crippen LogP contribution in [0.25, 0.3) is 0 Å². The van der Waals surface area contributed by atoms with Crippen molar-refractivity contribution in [1.29, 1.82) is 0 Å². The minimum absolute atomic E-state index is 0.0612. The SMILES string of the molecule is COc1cccc(CN2C[C@H]3C[C@@H](C2)[C@H](C(=O)N2CC=CC2)n2c3cccc2=O)c1.O=CO. The number of carbonyl (C=O) groups excluding carboxylic acids is 1. The van der Waals surface area contributed by atoms with Gasteiger partial charge in [-0.3, -0.25) is 23.9 Å². The number of carbonyl (C=O) groups is 2. The van der Waals surface area contributed by atoms with Crippen LogP contribution in [0, 0.1) is 5.92 Å². The molecule has 3 atom stereocenters. The van der Waals surface area contributed by atoms with E-state index in [-0.39, 0.29) is 29.8 Å². The molecule has 2 aromatic rings. The highest BCUT2D eigenvalue weighted by molar-refractivity contribution is 5.82. The van der Waals surface area contributed by atoms with Crippen molar-refractivity contribution in [3.63, 3.8) is 0 Å². The first-order valence-corrected chi connectivity index (χ1v) is 11.1. The maximum atomic E-state index is 13.5. The van der Waals surface area contributed by atoms with Gasteiger partial charge in [0.05, 0.1) is 7.11 Å². The van der Waals surface area contributed by atoms with Crippen LogP contribution in [-0.2, 0) is 16.1 Å². The summed E-state index contributed by atoms with van der Waals surface area (Å²) in [6.07, 6.45) is 5.00. The quantitative estimate of drug-likeness (QED) is 0.566. The van der Waals surface area contributed by atoms with Crippen molar-refractivity contribution in [2.75, 3.05) is 33.3 Å². The lowest BCUT2D eigenvalue weighted by atomic mass is 9.78. The molecule has 0 aliphatic carbocycles. The van der Waals surface area contributed by atoms with Gasteiger partial charge >= 0.3 is 0 Å². The molecule has 3 aliphatic heterocycles. The third-order valence-corrected chi connectivity index (χ3v) is 6.65. The summed E-state index contributed by atoms with van der Waals surface area (Å²) < 4.78 is 7.17. The van der Waals surface area contributed by atoms with E-state index in [4.69, 9.17) is 14.6 Å². The second kappa shape index (κ2) is 10.0. The van der Waals surface area contributed by atoms with Gasteiger partial charge in [-0.2, -0.15) is 0 Å². The monoisotopic (exact) mass is 451 g/mol. The highest BCUT2D eigenvalue weighted by atomic mass is 16.5. The normalized spacial score (nSPS) is 23.3. The smallest absolute Gasteiger partial charge is 0.290 e. The Morgan fingerprint density at radius 1 is 1.15 bits per heavy atom. The fourth-order valence-corrected chi connectivity index (χ4v) is 5.35. The molecule has 8 nitrogen and oxygen atoms in total. The van der Waals surface area contributed by atoms with Gasteiger partial charge in [0.15, 0.2) is 0 Å². The van der Waals surface area contributed by atoms with E-state index in [1.54, 1.807) is 17.7 Å². The molecule has 2 bridgehead atoms. The van der Waals surface area contributed by atoms with Crippen molar-refractivity contribution in [3.05, 3.63) is 76.2 Å². The molecule has 8 heteroatoms. The number of likely N-dealkylation sites (tertiary alicyclic amines) is 1. The van der Waals surface area contributed by atoms with E-state index >= 15 is 0 Å². The van der Waals surface area contributed by atoms with Gasteiger partial charge in [0, 0.05) is 56.3 Å². The number of fused-ring (bicyclic) bond motifs is 4. The average molecular weight is 452 g/mol. The Bertz CT molecular complexity index is 1090. The molecule has 0 radical (unpaired) electrons. The van der Waals surface area contributed by atoms with Crippen molar-refractivity contribution in [1.82, 2.24) is 14.4 Å². The number of methoxy groups -OCH3 is 1. The highest BCUT2D eigenvalue weighted by Gasteiger charge is 2.44. The second-order valence-electron chi connectivity index (χ2n) is 8.66. The summed E-state index contributed by atoms with van der Waals surface area (Å²) in [5, 5.41) is 6.89. The van der Waals surface area contributed by atoms with Crippen LogP contribution in [0.15, 0.2) is 59.4 Å². The molecule has 1 fully saturated rings. The number of benzene rings is 1. The van der Waals surface area contributed by atoms with Crippen LogP contribution in [0.1, 0.15) is 29.6 Å². The number of amides is 1. The van der Waals surface area contributed by atoms with E-state index in [9.17, 15) is 9.59 Å². The molecular formula is C25H29N3O5. The Labute approximate surface area is 192 Å². The van der Waals surface area contributed by atoms with Crippen molar-refractivity contribution >= 4 is 12.4 Å². The third kappa shape index (κ3) is 4.71. The zero-order valence-electron chi connectivity index (χ0n) is 18.7. The van der Waals surface area contributed by atoms with Crippen molar-refractivity contribution < 1.29 is 19.4 Å². The summed E-state index contributed by atoms with van der Waals surface area (Å²) >= 11 is 0. The van der Waals surface area contributed by atoms with E-state index in [0.29, 0.717) is 13.1 Å². The number of hydrogen-bond donors (Lipinski definition) is 1. The van der Waals surface area contributed by atoms with Crippen LogP contribution in [0.5, 0.6) is 5.75 Å². The molecule has 0 spiro atoms. The molecule has 1 aromatic heterocycles. The fourth-order valence-electron chi connectivity index (χ4n) is 5.35. The van der Waals surface area contributed by atoms with Crippen LogP contribution in [0.2, 0.25) is 0 Å². The van der Waals surface area contributed by atoms with E-state index in [0.717, 1.165) is 37.5 Å². The highest BCUT2D eigenvalue weighted by Crippen LogP contribution is 2.42. The van der Waals surface area contributed by atoms with Gasteiger partial charge in [-0.25, -0.2) is 0 Å². The second-order valence-corrected chi connectivity index (χ2v) is 8.66. The molecule has 4 heterocycles. The van der Waals surface area contributed by atoms with Crippen LogP contribution in [-0.4, -0.2) is 65.1 Å². The van der Waals surface area contributed by atoms with Crippen LogP contribution >= 0.6 is 0 Å². The van der Waals surface area contributed by atoms with E-state index in [1.165, 1.54) is 5.56 Å². The summed E-state index contributed by atoms with van der Waals surface area (Å²) in [6, 6.07) is 13.2. The number of rotatable bonds is 4. The molecule has 1 aromatic carbocycles. The Hall–Kier alpha value is -3.39. The van der Waals surface area contributed by atoms with Gasteiger partial charge in [0.25, 0.3) is 12.0 Å². The van der Waals surface area contributed by atoms with Crippen molar-refractivity contribution in [2.45, 2.75) is 24.9 Å². The van der Waals surface area contributed by atoms with Gasteiger partial charge < -0.3 is 14.7 Å². The molecule has 174 valence electrons. The lowest BCUT2D eigenvalue weighted by Crippen LogP contribution is -2.53. The fraction of sp³-hybridized carbons (Fsp3) is 0.400. The van der Waals surface area contributed by atoms with Gasteiger partial charge in [-0.15, -0.1) is 0 Å². The van der Waals surface area contributed by atoms with Crippen molar-refractivity contribution in [2.24, 2.45) is 5.92 Å². The number of pyridine rings is 1. The molecule has 1 N–H and O–H groups in total. The third-order valence-electron chi connectivity index (χ3n) is 6.65. The first-order valence-electron chi connectivity index (χ1n) is 11.1. The van der Waals surface area contributed by atoms with Gasteiger partial charge in [0.1, 0.15) is 11.8 Å². The van der Waals surface area contributed by atoms with Gasteiger partial charge in [0.2, 0.25) is 5.91 Å². The predicted molar refractivity (Wildman–Crippen MR) is 123 cm³/mol. The number of carboxylic acid groups (broad SMARTS) is 1. The largest absolute Gasteiger partial charge is 0.497 e. The van der Waals surface area contributed by atoms with Crippen LogP contribution < -0.4 is 10.3 Å². The molecule has 0 unspecified atom stereocenters. The summed E-state index contributed by atoms with van der Waals surface area (Å²) in [5.41, 5.74) is 2.14. The minimum atomic E-state index is -0.419.